The molecule has 0 fully saturated rings. The number of fused-ring (bicyclic) bond motifs is 8. The average molecular weight is 1250 g/mol. The first kappa shape index (κ1) is 59.3. The van der Waals surface area contributed by atoms with Crippen molar-refractivity contribution in [1.29, 1.82) is 0 Å². The van der Waals surface area contributed by atoms with Crippen molar-refractivity contribution < 1.29 is 38.6 Å². The monoisotopic (exact) mass is 1250 g/mol. The van der Waals surface area contributed by atoms with Crippen LogP contribution >= 0.6 is 0 Å². The Morgan fingerprint density at radius 1 is 0.188 bits per heavy atom. The molecule has 0 aliphatic heterocycles. The highest BCUT2D eigenvalue weighted by atomic mass is 16.5. The van der Waals surface area contributed by atoms with E-state index in [0.29, 0.717) is 34.5 Å². The topological polar surface area (TPSA) is 95.8 Å². The molecule has 8 nitrogen and oxygen atoms in total. The minimum Gasteiger partial charge on any atom is -0.491 e. The summed E-state index contributed by atoms with van der Waals surface area (Å²) in [6, 6.07) is 102. The molecule has 0 radical (unpaired) electrons. The Bertz CT molecular complexity index is 5260. The van der Waals surface area contributed by atoms with E-state index in [1.165, 1.54) is 21.5 Å². The normalized spacial score (nSPS) is 11.6. The third kappa shape index (κ3) is 11.2. The summed E-state index contributed by atoms with van der Waals surface area (Å²) in [6.07, 6.45) is 0. The molecule has 0 saturated heterocycles. The van der Waals surface area contributed by atoms with Crippen LogP contribution in [0.4, 0.5) is 0 Å². The number of rotatable bonds is 21. The van der Waals surface area contributed by atoms with Crippen LogP contribution in [0.2, 0.25) is 0 Å². The first-order chi connectivity index (χ1) is 47.6. The highest BCUT2D eigenvalue weighted by molar-refractivity contribution is 6.14. The molecule has 16 aromatic carbocycles. The van der Waals surface area contributed by atoms with E-state index in [0.717, 1.165) is 120 Å². The summed E-state index contributed by atoms with van der Waals surface area (Å²) in [7, 11) is 0. The molecule has 0 saturated carbocycles. The van der Waals surface area contributed by atoms with Crippen LogP contribution in [0.15, 0.2) is 291 Å². The summed E-state index contributed by atoms with van der Waals surface area (Å²) in [5.74, 6) is 4.01. The van der Waals surface area contributed by atoms with Crippen molar-refractivity contribution in [2.24, 2.45) is 0 Å². The maximum absolute atomic E-state index is 9.99. The number of hydrogen-bond acceptors (Lipinski definition) is 8. The van der Waals surface area contributed by atoms with Crippen molar-refractivity contribution in [3.05, 3.63) is 291 Å². The van der Waals surface area contributed by atoms with E-state index in [-0.39, 0.29) is 52.9 Å². The molecule has 2 N–H and O–H groups in total. The van der Waals surface area contributed by atoms with Crippen LogP contribution in [0.5, 0.6) is 34.5 Å². The van der Waals surface area contributed by atoms with E-state index in [4.69, 9.17) is 28.4 Å². The molecule has 0 spiro atoms. The molecule has 16 rings (SSSR count). The van der Waals surface area contributed by atoms with Crippen LogP contribution in [0.3, 0.4) is 0 Å². The smallest absolute Gasteiger partial charge is 0.128 e. The fourth-order valence-corrected chi connectivity index (χ4v) is 14.1. The third-order valence-electron chi connectivity index (χ3n) is 18.4. The maximum atomic E-state index is 9.99. The Balaban J connectivity index is 0.813. The molecule has 0 atom stereocenters. The van der Waals surface area contributed by atoms with E-state index < -0.39 is 0 Å². The largest absolute Gasteiger partial charge is 0.491 e. The van der Waals surface area contributed by atoms with Gasteiger partial charge in [-0.1, -0.05) is 243 Å². The molecule has 0 bridgehead atoms. The van der Waals surface area contributed by atoms with Gasteiger partial charge in [0, 0.05) is 33.4 Å². The molecule has 8 heteroatoms. The van der Waals surface area contributed by atoms with Gasteiger partial charge in [-0.15, -0.1) is 0 Å². The SMILES string of the molecule is OCCOc1ccc2ccccc2c1-c1c(OCCOc2ccc3cc(-c4cccc5ccccc45)ccc3c2-c2c(OCCOc3ccc4ccccc4c3-c3c(OCCO)ccc4ccccc34)ccc3cc(-c4cccc5ccccc45)ccc23)ccc2ccccc12. The number of ether oxygens (including phenoxy) is 6. The molecule has 466 valence electrons. The van der Waals surface area contributed by atoms with Crippen LogP contribution in [-0.4, -0.2) is 63.1 Å². The Morgan fingerprint density at radius 2 is 0.417 bits per heavy atom. The zero-order valence-electron chi connectivity index (χ0n) is 52.7. The first-order valence-electron chi connectivity index (χ1n) is 32.7. The Kier molecular flexibility index (Phi) is 16.3. The minimum atomic E-state index is -0.122. The summed E-state index contributed by atoms with van der Waals surface area (Å²) in [6.45, 7) is 0.838. The Morgan fingerprint density at radius 3 is 0.708 bits per heavy atom. The second-order valence-corrected chi connectivity index (χ2v) is 24.0. The summed E-state index contributed by atoms with van der Waals surface area (Å²) in [4.78, 5) is 0. The van der Waals surface area contributed by atoms with Crippen LogP contribution in [0.1, 0.15) is 0 Å². The summed E-state index contributed by atoms with van der Waals surface area (Å²) >= 11 is 0. The minimum absolute atomic E-state index is 0.122. The van der Waals surface area contributed by atoms with Gasteiger partial charge in [0.1, 0.15) is 74.1 Å². The third-order valence-corrected chi connectivity index (χ3v) is 18.4. The fraction of sp³-hybridized carbons (Fsp3) is 0.0909. The van der Waals surface area contributed by atoms with Crippen molar-refractivity contribution in [3.63, 3.8) is 0 Å². The molecule has 0 amide bonds. The van der Waals surface area contributed by atoms with Crippen LogP contribution < -0.4 is 28.4 Å². The zero-order valence-corrected chi connectivity index (χ0v) is 52.7. The second kappa shape index (κ2) is 26.4. The lowest BCUT2D eigenvalue weighted by molar-refractivity contribution is 0.202. The van der Waals surface area contributed by atoms with Gasteiger partial charge in [-0.25, -0.2) is 0 Å². The van der Waals surface area contributed by atoms with Crippen LogP contribution in [0.25, 0.3) is 142 Å². The van der Waals surface area contributed by atoms with Crippen LogP contribution in [0, 0.1) is 0 Å². The summed E-state index contributed by atoms with van der Waals surface area (Å²) < 4.78 is 40.9. The summed E-state index contributed by atoms with van der Waals surface area (Å²) in [5, 5.41) is 37.0. The van der Waals surface area contributed by atoms with Gasteiger partial charge in [-0.05, 0) is 157 Å². The van der Waals surface area contributed by atoms with Gasteiger partial charge in [0.25, 0.3) is 0 Å². The Hall–Kier alpha value is -11.7. The molecule has 0 aromatic heterocycles. The van der Waals surface area contributed by atoms with E-state index in [2.05, 4.69) is 218 Å². The number of benzene rings is 16. The van der Waals surface area contributed by atoms with E-state index >= 15 is 0 Å². The average Bonchev–Trinajstić information content (AvgIpc) is 0.731. The standard InChI is InChI=1S/C88H66O8/c89-47-49-91-77-41-33-59-17-3-9-25-71(59)83(77)85-73-27-11-5-19-61(73)35-43-79(85)93-51-53-95-81-45-37-65-55-63(69-29-13-21-57-15-1-7-23-67(57)69)31-39-75(65)87(81)88-76-40-32-64(70-30-14-22-58-16-2-8-24-68(58)70)56-66(76)38-46-82(88)96-54-52-94-80-44-36-62-20-6-12-28-74(62)86(80)84-72-26-10-4-18-60(72)34-42-78(84)92-50-48-90/h1-46,55-56,89-90H,47-54H2. The molecular weight excluding hydrogens is 1180 g/mol. The van der Waals surface area contributed by atoms with E-state index in [1.54, 1.807) is 0 Å². The van der Waals surface area contributed by atoms with Crippen molar-refractivity contribution in [2.45, 2.75) is 0 Å². The van der Waals surface area contributed by atoms with Gasteiger partial charge in [-0.2, -0.15) is 0 Å². The first-order valence-corrected chi connectivity index (χ1v) is 32.7. The highest BCUT2D eigenvalue weighted by Gasteiger charge is 2.25. The molecule has 0 aliphatic carbocycles. The van der Waals surface area contributed by atoms with Gasteiger partial charge in [0.15, 0.2) is 0 Å². The van der Waals surface area contributed by atoms with E-state index in [9.17, 15) is 10.2 Å². The summed E-state index contributed by atoms with van der Waals surface area (Å²) in [5.41, 5.74) is 9.86. The predicted octanol–water partition coefficient (Wildman–Crippen LogP) is 20.9. The molecular formula is C88H66O8. The maximum Gasteiger partial charge on any atom is 0.128 e. The molecule has 0 aliphatic rings. The van der Waals surface area contributed by atoms with Crippen molar-refractivity contribution in [1.82, 2.24) is 0 Å². The lowest BCUT2D eigenvalue weighted by atomic mass is 9.89. The lowest BCUT2D eigenvalue weighted by Crippen LogP contribution is -2.12. The molecule has 0 unspecified atom stereocenters. The van der Waals surface area contributed by atoms with Gasteiger partial charge in [-0.3, -0.25) is 0 Å². The van der Waals surface area contributed by atoms with Gasteiger partial charge >= 0.3 is 0 Å². The zero-order chi connectivity index (χ0) is 64.3. The van der Waals surface area contributed by atoms with Gasteiger partial charge < -0.3 is 38.6 Å². The van der Waals surface area contributed by atoms with Gasteiger partial charge in [0.05, 0.1) is 13.2 Å². The molecule has 0 heterocycles. The molecule has 16 aromatic rings. The van der Waals surface area contributed by atoms with Crippen molar-refractivity contribution >= 4 is 86.2 Å². The lowest BCUT2D eigenvalue weighted by Gasteiger charge is -2.22. The molecule has 96 heavy (non-hydrogen) atoms. The second-order valence-electron chi connectivity index (χ2n) is 24.0. The predicted molar refractivity (Wildman–Crippen MR) is 394 cm³/mol. The number of hydrogen-bond donors (Lipinski definition) is 2. The Labute approximate surface area is 555 Å². The number of aliphatic hydroxyl groups is 2. The van der Waals surface area contributed by atoms with Gasteiger partial charge in [0.2, 0.25) is 0 Å². The van der Waals surface area contributed by atoms with Crippen LogP contribution in [-0.2, 0) is 0 Å². The highest BCUT2D eigenvalue weighted by Crippen LogP contribution is 2.50. The fourth-order valence-electron chi connectivity index (χ4n) is 14.1. The van der Waals surface area contributed by atoms with Crippen molar-refractivity contribution in [3.8, 4) is 90.1 Å². The number of aliphatic hydroxyl groups excluding tert-OH is 2. The quantitative estimate of drug-likeness (QED) is 0.0687. The van der Waals surface area contributed by atoms with Crippen molar-refractivity contribution in [2.75, 3.05) is 52.9 Å². The van der Waals surface area contributed by atoms with E-state index in [1.807, 2.05) is 72.8 Å².